The molecule has 4 heteroatoms. The van der Waals surface area contributed by atoms with Crippen LogP contribution in [-0.4, -0.2) is 10.9 Å². The van der Waals surface area contributed by atoms with E-state index < -0.39 is 0 Å². The summed E-state index contributed by atoms with van der Waals surface area (Å²) in [6.07, 6.45) is 3.97. The Kier molecular flexibility index (Phi) is 3.73. The Morgan fingerprint density at radius 1 is 1.00 bits per heavy atom. The van der Waals surface area contributed by atoms with Crippen LogP contribution < -0.4 is 5.32 Å². The minimum absolute atomic E-state index is 0.154. The first-order chi connectivity index (χ1) is 11.7. The second-order valence-electron chi connectivity index (χ2n) is 6.10. The van der Waals surface area contributed by atoms with Gasteiger partial charge in [-0.25, -0.2) is 4.39 Å². The molecule has 3 nitrogen and oxygen atoms in total. The number of anilines is 1. The van der Waals surface area contributed by atoms with Gasteiger partial charge in [0, 0.05) is 16.8 Å². The number of para-hydroxylation sites is 1. The third kappa shape index (κ3) is 2.64. The van der Waals surface area contributed by atoms with Gasteiger partial charge in [0.05, 0.1) is 11.1 Å². The highest BCUT2D eigenvalue weighted by Crippen LogP contribution is 2.29. The molecular weight excluding hydrogens is 303 g/mol. The average molecular weight is 320 g/mol. The van der Waals surface area contributed by atoms with Crippen LogP contribution in [0.5, 0.6) is 0 Å². The van der Waals surface area contributed by atoms with E-state index in [-0.39, 0.29) is 11.7 Å². The van der Waals surface area contributed by atoms with Crippen LogP contribution in [0.25, 0.3) is 10.9 Å². The summed E-state index contributed by atoms with van der Waals surface area (Å²) in [5.74, 6) is -0.474. The summed E-state index contributed by atoms with van der Waals surface area (Å²) in [5, 5.41) is 3.77. The molecular formula is C20H17FN2O. The number of aromatic nitrogens is 1. The lowest BCUT2D eigenvalue weighted by Crippen LogP contribution is -2.19. The number of halogens is 1. The lowest BCUT2D eigenvalue weighted by atomic mass is 9.89. The van der Waals surface area contributed by atoms with E-state index in [9.17, 15) is 9.18 Å². The highest BCUT2D eigenvalue weighted by Gasteiger charge is 2.22. The second kappa shape index (κ2) is 6.04. The van der Waals surface area contributed by atoms with Gasteiger partial charge >= 0.3 is 0 Å². The molecule has 1 aromatic heterocycles. The number of hydrogen-bond acceptors (Lipinski definition) is 2. The summed E-state index contributed by atoms with van der Waals surface area (Å²) in [6.45, 7) is 0. The Hall–Kier alpha value is -2.75. The highest BCUT2D eigenvalue weighted by atomic mass is 19.1. The van der Waals surface area contributed by atoms with Gasteiger partial charge in [-0.05, 0) is 61.6 Å². The van der Waals surface area contributed by atoms with Crippen LogP contribution in [0.2, 0.25) is 0 Å². The van der Waals surface area contributed by atoms with Gasteiger partial charge in [0.25, 0.3) is 5.91 Å². The largest absolute Gasteiger partial charge is 0.322 e. The molecule has 120 valence electrons. The molecule has 3 aromatic rings. The SMILES string of the molecule is O=C(Nc1ccc(F)cc1)c1c2c(nc3ccccc13)CCCC2. The maximum atomic E-state index is 13.1. The maximum absolute atomic E-state index is 13.1. The third-order valence-electron chi connectivity index (χ3n) is 4.50. The van der Waals surface area contributed by atoms with Crippen molar-refractivity contribution < 1.29 is 9.18 Å². The quantitative estimate of drug-likeness (QED) is 0.755. The van der Waals surface area contributed by atoms with Crippen molar-refractivity contribution in [3.8, 4) is 0 Å². The number of carbonyl (C=O) groups excluding carboxylic acids is 1. The molecule has 4 rings (SSSR count). The molecule has 0 bridgehead atoms. The van der Waals surface area contributed by atoms with Crippen LogP contribution in [0.1, 0.15) is 34.5 Å². The molecule has 2 aromatic carbocycles. The number of rotatable bonds is 2. The van der Waals surface area contributed by atoms with Crippen LogP contribution in [-0.2, 0) is 12.8 Å². The van der Waals surface area contributed by atoms with E-state index in [0.717, 1.165) is 47.8 Å². The molecule has 0 fully saturated rings. The second-order valence-corrected chi connectivity index (χ2v) is 6.10. The molecule has 0 spiro atoms. The van der Waals surface area contributed by atoms with Gasteiger partial charge in [-0.2, -0.15) is 0 Å². The number of benzene rings is 2. The van der Waals surface area contributed by atoms with Gasteiger partial charge in [-0.15, -0.1) is 0 Å². The van der Waals surface area contributed by atoms with E-state index in [1.165, 1.54) is 12.1 Å². The van der Waals surface area contributed by atoms with Gasteiger partial charge in [0.2, 0.25) is 0 Å². The van der Waals surface area contributed by atoms with Crippen molar-refractivity contribution in [2.24, 2.45) is 0 Å². The maximum Gasteiger partial charge on any atom is 0.256 e. The Morgan fingerprint density at radius 3 is 2.58 bits per heavy atom. The van der Waals surface area contributed by atoms with Crippen molar-refractivity contribution in [2.45, 2.75) is 25.7 Å². The number of amides is 1. The van der Waals surface area contributed by atoms with E-state index in [1.807, 2.05) is 24.3 Å². The number of nitrogens with one attached hydrogen (secondary N) is 1. The molecule has 0 radical (unpaired) electrons. The van der Waals surface area contributed by atoms with Gasteiger partial charge in [0.15, 0.2) is 0 Å². The summed E-state index contributed by atoms with van der Waals surface area (Å²) in [6, 6.07) is 13.6. The molecule has 1 aliphatic carbocycles. The molecule has 0 saturated heterocycles. The molecule has 24 heavy (non-hydrogen) atoms. The summed E-state index contributed by atoms with van der Waals surface area (Å²) in [5.41, 5.74) is 4.23. The normalized spacial score (nSPS) is 13.5. The van der Waals surface area contributed by atoms with E-state index >= 15 is 0 Å². The molecule has 0 saturated carbocycles. The minimum atomic E-state index is -0.320. The first-order valence-corrected chi connectivity index (χ1v) is 8.20. The monoisotopic (exact) mass is 320 g/mol. The highest BCUT2D eigenvalue weighted by molar-refractivity contribution is 6.13. The predicted molar refractivity (Wildman–Crippen MR) is 92.7 cm³/mol. The van der Waals surface area contributed by atoms with E-state index in [1.54, 1.807) is 12.1 Å². The fourth-order valence-corrected chi connectivity index (χ4v) is 3.36. The van der Waals surface area contributed by atoms with Crippen molar-refractivity contribution in [1.82, 2.24) is 4.98 Å². The van der Waals surface area contributed by atoms with Crippen molar-refractivity contribution in [3.05, 3.63) is 71.2 Å². The van der Waals surface area contributed by atoms with Gasteiger partial charge in [0.1, 0.15) is 5.82 Å². The number of fused-ring (bicyclic) bond motifs is 2. The lowest BCUT2D eigenvalue weighted by Gasteiger charge is -2.20. The van der Waals surface area contributed by atoms with Crippen LogP contribution in [0.3, 0.4) is 0 Å². The summed E-state index contributed by atoms with van der Waals surface area (Å²) in [7, 11) is 0. The molecule has 0 aliphatic heterocycles. The zero-order valence-corrected chi connectivity index (χ0v) is 13.2. The van der Waals surface area contributed by atoms with Crippen LogP contribution in [0, 0.1) is 5.82 Å². The number of aryl methyl sites for hydroxylation is 1. The van der Waals surface area contributed by atoms with E-state index in [2.05, 4.69) is 5.32 Å². The van der Waals surface area contributed by atoms with Crippen molar-refractivity contribution in [2.75, 3.05) is 5.32 Å². The average Bonchev–Trinajstić information content (AvgIpc) is 2.61. The smallest absolute Gasteiger partial charge is 0.256 e. The molecule has 1 amide bonds. The van der Waals surface area contributed by atoms with Gasteiger partial charge < -0.3 is 5.32 Å². The predicted octanol–water partition coefficient (Wildman–Crippen LogP) is 4.51. The van der Waals surface area contributed by atoms with Crippen LogP contribution in [0.15, 0.2) is 48.5 Å². The molecule has 1 aliphatic rings. The summed E-state index contributed by atoms with van der Waals surface area (Å²) < 4.78 is 13.1. The third-order valence-corrected chi connectivity index (χ3v) is 4.50. The topological polar surface area (TPSA) is 42.0 Å². The molecule has 0 atom stereocenters. The van der Waals surface area contributed by atoms with Gasteiger partial charge in [-0.1, -0.05) is 18.2 Å². The zero-order valence-electron chi connectivity index (χ0n) is 13.2. The van der Waals surface area contributed by atoms with Crippen molar-refractivity contribution in [3.63, 3.8) is 0 Å². The molecule has 1 heterocycles. The zero-order chi connectivity index (χ0) is 16.5. The Bertz CT molecular complexity index is 919. The first-order valence-electron chi connectivity index (χ1n) is 8.20. The van der Waals surface area contributed by atoms with Crippen molar-refractivity contribution >= 4 is 22.5 Å². The number of carbonyl (C=O) groups is 1. The first kappa shape index (κ1) is 14.8. The summed E-state index contributed by atoms with van der Waals surface area (Å²) >= 11 is 0. The Balaban J connectivity index is 1.82. The van der Waals surface area contributed by atoms with Crippen LogP contribution in [0.4, 0.5) is 10.1 Å². The fraction of sp³-hybridized carbons (Fsp3) is 0.200. The van der Waals surface area contributed by atoms with Gasteiger partial charge in [-0.3, -0.25) is 9.78 Å². The van der Waals surface area contributed by atoms with Crippen LogP contribution >= 0.6 is 0 Å². The lowest BCUT2D eigenvalue weighted by molar-refractivity contribution is 0.102. The van der Waals surface area contributed by atoms with E-state index in [0.29, 0.717) is 11.3 Å². The molecule has 0 unspecified atom stereocenters. The van der Waals surface area contributed by atoms with Crippen molar-refractivity contribution in [1.29, 1.82) is 0 Å². The fourth-order valence-electron chi connectivity index (χ4n) is 3.36. The minimum Gasteiger partial charge on any atom is -0.322 e. The Morgan fingerprint density at radius 2 is 1.75 bits per heavy atom. The number of nitrogens with zero attached hydrogens (tertiary/aromatic N) is 1. The standard InChI is InChI=1S/C20H17FN2O/c21-13-9-11-14(12-10-13)22-20(24)19-15-5-1-3-7-17(15)23-18-8-4-2-6-16(18)19/h1,3,5,7,9-12H,2,4,6,8H2,(H,22,24). The van der Waals surface area contributed by atoms with E-state index in [4.69, 9.17) is 4.98 Å². The Labute approximate surface area is 139 Å². The summed E-state index contributed by atoms with van der Waals surface area (Å²) in [4.78, 5) is 17.7. The number of hydrogen-bond donors (Lipinski definition) is 1. The molecule has 1 N–H and O–H groups in total. The number of pyridine rings is 1.